The number of nitrogens with two attached hydrogens (primary N) is 1. The molecule has 3 N–H and O–H groups in total. The summed E-state index contributed by atoms with van der Waals surface area (Å²) < 4.78 is 0. The molecule has 0 radical (unpaired) electrons. The Morgan fingerprint density at radius 2 is 2.08 bits per heavy atom. The zero-order valence-electron chi connectivity index (χ0n) is 13.8. The van der Waals surface area contributed by atoms with Gasteiger partial charge in [-0.15, -0.1) is 0 Å². The molecule has 0 aliphatic heterocycles. The van der Waals surface area contributed by atoms with Gasteiger partial charge in [0.2, 0.25) is 0 Å². The van der Waals surface area contributed by atoms with E-state index in [4.69, 9.17) is 17.3 Å². The molecule has 0 fully saturated rings. The van der Waals surface area contributed by atoms with Gasteiger partial charge in [0.1, 0.15) is 0 Å². The fourth-order valence-corrected chi connectivity index (χ4v) is 2.51. The zero-order chi connectivity index (χ0) is 18.2. The van der Waals surface area contributed by atoms with E-state index in [1.165, 1.54) is 5.12 Å². The molecule has 25 heavy (non-hydrogen) atoms. The zero-order valence-corrected chi connectivity index (χ0v) is 14.5. The Balaban J connectivity index is 2.25. The number of hydrazone groups is 2. The second-order valence-electron chi connectivity index (χ2n) is 5.18. The summed E-state index contributed by atoms with van der Waals surface area (Å²) in [6.45, 7) is 5.55. The van der Waals surface area contributed by atoms with Crippen LogP contribution in [0.2, 0.25) is 5.02 Å². The highest BCUT2D eigenvalue weighted by Crippen LogP contribution is 2.23. The van der Waals surface area contributed by atoms with E-state index in [1.807, 2.05) is 31.2 Å². The average Bonchev–Trinajstić information content (AvgIpc) is 2.61. The minimum atomic E-state index is -0.667. The van der Waals surface area contributed by atoms with Gasteiger partial charge in [0.15, 0.2) is 0 Å². The van der Waals surface area contributed by atoms with Crippen LogP contribution in [0, 0.1) is 0 Å². The number of primary amides is 1. The first kappa shape index (κ1) is 18.4. The van der Waals surface area contributed by atoms with Crippen molar-refractivity contribution in [1.29, 1.82) is 0 Å². The number of pyridine rings is 1. The highest BCUT2D eigenvalue weighted by atomic mass is 35.5. The molecule has 2 aromatic rings. The van der Waals surface area contributed by atoms with Gasteiger partial charge in [0, 0.05) is 17.9 Å². The van der Waals surface area contributed by atoms with Crippen LogP contribution >= 0.6 is 11.6 Å². The van der Waals surface area contributed by atoms with E-state index >= 15 is 0 Å². The van der Waals surface area contributed by atoms with Crippen molar-refractivity contribution in [2.75, 3.05) is 6.54 Å². The number of amides is 2. The fraction of sp³-hybridized carbons (Fsp3) is 0.176. The van der Waals surface area contributed by atoms with E-state index in [0.717, 1.165) is 0 Å². The SMILES string of the molecule is C=NN(CC(NC(N)=O)c1ccccc1Cl)/N=C(\C)c1ccccn1. The summed E-state index contributed by atoms with van der Waals surface area (Å²) in [5.74, 6) is 0. The van der Waals surface area contributed by atoms with Gasteiger partial charge in [-0.25, -0.2) is 4.79 Å². The van der Waals surface area contributed by atoms with Gasteiger partial charge in [-0.2, -0.15) is 15.3 Å². The lowest BCUT2D eigenvalue weighted by Gasteiger charge is -2.23. The van der Waals surface area contributed by atoms with Crippen molar-refractivity contribution >= 4 is 30.1 Å². The Labute approximate surface area is 151 Å². The predicted octanol–water partition coefficient (Wildman–Crippen LogP) is 2.79. The third-order valence-corrected chi connectivity index (χ3v) is 3.75. The number of nitrogens with zero attached hydrogens (tertiary/aromatic N) is 4. The third kappa shape index (κ3) is 5.29. The van der Waals surface area contributed by atoms with E-state index < -0.39 is 12.1 Å². The molecule has 0 aliphatic carbocycles. The number of hydrogen-bond donors (Lipinski definition) is 2. The molecule has 1 unspecified atom stereocenters. The van der Waals surface area contributed by atoms with Crippen molar-refractivity contribution in [1.82, 2.24) is 15.4 Å². The predicted molar refractivity (Wildman–Crippen MR) is 99.6 cm³/mol. The van der Waals surface area contributed by atoms with Crippen molar-refractivity contribution in [2.24, 2.45) is 15.9 Å². The minimum absolute atomic E-state index is 0.209. The molecule has 0 saturated carbocycles. The lowest BCUT2D eigenvalue weighted by atomic mass is 10.1. The average molecular weight is 359 g/mol. The Morgan fingerprint density at radius 3 is 2.68 bits per heavy atom. The number of rotatable bonds is 7. The van der Waals surface area contributed by atoms with E-state index in [2.05, 4.69) is 27.2 Å². The first-order valence-corrected chi connectivity index (χ1v) is 7.90. The molecule has 2 amide bonds. The summed E-state index contributed by atoms with van der Waals surface area (Å²) in [7, 11) is 0. The van der Waals surface area contributed by atoms with Gasteiger partial charge in [0.05, 0.1) is 24.0 Å². The second-order valence-corrected chi connectivity index (χ2v) is 5.59. The number of urea groups is 1. The number of carbonyl (C=O) groups is 1. The molecule has 0 aliphatic rings. The molecular weight excluding hydrogens is 340 g/mol. The summed E-state index contributed by atoms with van der Waals surface area (Å²) in [5, 5.41) is 12.8. The van der Waals surface area contributed by atoms with Gasteiger partial charge >= 0.3 is 6.03 Å². The van der Waals surface area contributed by atoms with E-state index in [-0.39, 0.29) is 6.54 Å². The van der Waals surface area contributed by atoms with Crippen LogP contribution in [-0.4, -0.2) is 35.1 Å². The summed E-state index contributed by atoms with van der Waals surface area (Å²) in [4.78, 5) is 15.6. The van der Waals surface area contributed by atoms with Gasteiger partial charge < -0.3 is 11.1 Å². The van der Waals surface area contributed by atoms with E-state index in [1.54, 1.807) is 24.4 Å². The Kier molecular flexibility index (Phi) is 6.47. The summed E-state index contributed by atoms with van der Waals surface area (Å²) in [6.07, 6.45) is 1.68. The Bertz CT molecular complexity index is 765. The molecule has 1 aromatic carbocycles. The molecule has 0 spiro atoms. The molecule has 1 heterocycles. The highest BCUT2D eigenvalue weighted by Gasteiger charge is 2.19. The van der Waals surface area contributed by atoms with Crippen molar-refractivity contribution in [2.45, 2.75) is 13.0 Å². The van der Waals surface area contributed by atoms with Gasteiger partial charge in [-0.05, 0) is 30.7 Å². The topological polar surface area (TPSA) is 96.0 Å². The molecule has 7 nitrogen and oxygen atoms in total. The number of hydrogen-bond acceptors (Lipinski definition) is 5. The van der Waals surface area contributed by atoms with Gasteiger partial charge in [-0.3, -0.25) is 4.98 Å². The number of benzene rings is 1. The normalized spacial score (nSPS) is 12.3. The quantitative estimate of drug-likeness (QED) is 0.588. The fourth-order valence-electron chi connectivity index (χ4n) is 2.25. The van der Waals surface area contributed by atoms with Crippen LogP contribution in [0.5, 0.6) is 0 Å². The number of halogens is 1. The van der Waals surface area contributed by atoms with Crippen LogP contribution < -0.4 is 11.1 Å². The van der Waals surface area contributed by atoms with Crippen molar-refractivity contribution in [3.8, 4) is 0 Å². The second kappa shape index (κ2) is 8.79. The van der Waals surface area contributed by atoms with E-state index in [0.29, 0.717) is 22.0 Å². The monoisotopic (exact) mass is 358 g/mol. The van der Waals surface area contributed by atoms with Crippen LogP contribution in [0.25, 0.3) is 0 Å². The molecule has 2 rings (SSSR count). The molecule has 1 atom stereocenters. The maximum absolute atomic E-state index is 11.4. The van der Waals surface area contributed by atoms with E-state index in [9.17, 15) is 4.79 Å². The molecule has 1 aromatic heterocycles. The first-order valence-electron chi connectivity index (χ1n) is 7.52. The standard InChI is InChI=1S/C17H19ClN6O/c1-12(15-9-5-6-10-21-15)23-24(20-2)11-16(22-17(19)25)13-7-3-4-8-14(13)18/h3-10,16H,2,11H2,1H3,(H3,19,22,25)/b23-12+. The maximum Gasteiger partial charge on any atom is 0.312 e. The van der Waals surface area contributed by atoms with Crippen LogP contribution in [0.3, 0.4) is 0 Å². The molecule has 0 saturated heterocycles. The smallest absolute Gasteiger partial charge is 0.312 e. The number of nitrogens with one attached hydrogen (secondary N) is 1. The number of aromatic nitrogens is 1. The molecule has 0 bridgehead atoms. The van der Waals surface area contributed by atoms with Crippen LogP contribution in [0.15, 0.2) is 58.9 Å². The Morgan fingerprint density at radius 1 is 1.36 bits per heavy atom. The largest absolute Gasteiger partial charge is 0.352 e. The third-order valence-electron chi connectivity index (χ3n) is 3.41. The summed E-state index contributed by atoms with van der Waals surface area (Å²) >= 11 is 6.23. The number of carbonyl (C=O) groups excluding carboxylic acids is 1. The van der Waals surface area contributed by atoms with Crippen LogP contribution in [-0.2, 0) is 0 Å². The van der Waals surface area contributed by atoms with Gasteiger partial charge in [0.25, 0.3) is 0 Å². The minimum Gasteiger partial charge on any atom is -0.352 e. The first-order chi connectivity index (χ1) is 12.0. The lowest BCUT2D eigenvalue weighted by Crippen LogP contribution is -2.38. The van der Waals surface area contributed by atoms with Crippen LogP contribution in [0.4, 0.5) is 4.79 Å². The Hall–Kier alpha value is -2.93. The summed E-state index contributed by atoms with van der Waals surface area (Å²) in [5.41, 5.74) is 7.37. The van der Waals surface area contributed by atoms with Crippen molar-refractivity contribution < 1.29 is 4.79 Å². The van der Waals surface area contributed by atoms with Crippen LogP contribution in [0.1, 0.15) is 24.2 Å². The van der Waals surface area contributed by atoms with Crippen molar-refractivity contribution in [3.05, 3.63) is 64.9 Å². The molecule has 130 valence electrons. The maximum atomic E-state index is 11.4. The van der Waals surface area contributed by atoms with Crippen molar-refractivity contribution in [3.63, 3.8) is 0 Å². The lowest BCUT2D eigenvalue weighted by molar-refractivity contribution is 0.233. The summed E-state index contributed by atoms with van der Waals surface area (Å²) in [6, 6.07) is 11.5. The van der Waals surface area contributed by atoms with Gasteiger partial charge in [-0.1, -0.05) is 35.9 Å². The molecule has 8 heteroatoms. The molecular formula is C17H19ClN6O. The highest BCUT2D eigenvalue weighted by molar-refractivity contribution is 6.31.